The molecule has 0 atom stereocenters. The number of nitrogens with zero attached hydrogens (tertiary/aromatic N) is 2. The van der Waals surface area contributed by atoms with Crippen LogP contribution in [0.25, 0.3) is 0 Å². The molecule has 0 bridgehead atoms. The molecule has 1 aromatic heterocycles. The number of anilines is 1. The van der Waals surface area contributed by atoms with Crippen molar-refractivity contribution in [1.82, 2.24) is 9.88 Å². The molecule has 0 fully saturated rings. The molecule has 1 amide bonds. The lowest BCUT2D eigenvalue weighted by molar-refractivity contribution is 0.0620. The Balaban J connectivity index is 3.05. The van der Waals surface area contributed by atoms with Crippen molar-refractivity contribution < 1.29 is 4.79 Å². The van der Waals surface area contributed by atoms with Gasteiger partial charge in [0.15, 0.2) is 0 Å². The number of rotatable bonds is 5. The highest BCUT2D eigenvalue weighted by Gasteiger charge is 2.26. The van der Waals surface area contributed by atoms with Crippen LogP contribution in [0.3, 0.4) is 0 Å². The Morgan fingerprint density at radius 1 is 1.37 bits per heavy atom. The van der Waals surface area contributed by atoms with Crippen LogP contribution in [0.4, 0.5) is 5.82 Å². The molecule has 0 aliphatic heterocycles. The Hall–Kier alpha value is -1.58. The number of aryl methyl sites for hydroxylation is 1. The minimum absolute atomic E-state index is 0.00157. The first-order valence-corrected chi connectivity index (χ1v) is 6.86. The van der Waals surface area contributed by atoms with Gasteiger partial charge in [0.1, 0.15) is 5.82 Å². The Bertz CT molecular complexity index is 455. The number of pyridine rings is 1. The third kappa shape index (κ3) is 3.69. The van der Waals surface area contributed by atoms with Gasteiger partial charge in [0, 0.05) is 23.8 Å². The molecule has 0 aromatic carbocycles. The fraction of sp³-hybridized carbons (Fsp3) is 0.600. The Morgan fingerprint density at radius 3 is 2.53 bits per heavy atom. The largest absolute Gasteiger partial charge is 0.384 e. The average Bonchev–Trinajstić information content (AvgIpc) is 2.36. The third-order valence-corrected chi connectivity index (χ3v) is 3.73. The van der Waals surface area contributed by atoms with E-state index in [0.29, 0.717) is 11.4 Å². The van der Waals surface area contributed by atoms with E-state index in [1.54, 1.807) is 11.0 Å². The van der Waals surface area contributed by atoms with E-state index in [2.05, 4.69) is 32.7 Å². The van der Waals surface area contributed by atoms with Gasteiger partial charge in [-0.25, -0.2) is 4.98 Å². The van der Waals surface area contributed by atoms with E-state index in [4.69, 9.17) is 5.73 Å². The molecule has 0 unspecified atom stereocenters. The number of hydrogen-bond acceptors (Lipinski definition) is 3. The van der Waals surface area contributed by atoms with E-state index >= 15 is 0 Å². The molecule has 1 heterocycles. The summed E-state index contributed by atoms with van der Waals surface area (Å²) in [5.74, 6) is 0.412. The van der Waals surface area contributed by atoms with Gasteiger partial charge in [0.2, 0.25) is 0 Å². The normalized spacial score (nSPS) is 11.4. The summed E-state index contributed by atoms with van der Waals surface area (Å²) in [5.41, 5.74) is 7.13. The molecular weight excluding hydrogens is 238 g/mol. The average molecular weight is 263 g/mol. The quantitative estimate of drug-likeness (QED) is 0.888. The lowest BCUT2D eigenvalue weighted by atomic mass is 9.98. The maximum atomic E-state index is 12.5. The SMILES string of the molecule is CCCc1cc(C(=O)N(C)C(C)(C)CC)cc(N)n1. The van der Waals surface area contributed by atoms with E-state index in [-0.39, 0.29) is 11.4 Å². The van der Waals surface area contributed by atoms with Crippen molar-refractivity contribution in [3.8, 4) is 0 Å². The maximum Gasteiger partial charge on any atom is 0.254 e. The van der Waals surface area contributed by atoms with Gasteiger partial charge in [-0.15, -0.1) is 0 Å². The molecular formula is C15H25N3O. The van der Waals surface area contributed by atoms with Crippen molar-refractivity contribution in [3.05, 3.63) is 23.4 Å². The molecule has 1 rings (SSSR count). The third-order valence-electron chi connectivity index (χ3n) is 3.73. The smallest absolute Gasteiger partial charge is 0.254 e. The van der Waals surface area contributed by atoms with Crippen LogP contribution in [0, 0.1) is 0 Å². The summed E-state index contributed by atoms with van der Waals surface area (Å²) in [6.07, 6.45) is 2.73. The predicted octanol–water partition coefficient (Wildman–Crippen LogP) is 2.88. The zero-order valence-electron chi connectivity index (χ0n) is 12.7. The molecule has 0 saturated heterocycles. The maximum absolute atomic E-state index is 12.5. The van der Waals surface area contributed by atoms with Crippen molar-refractivity contribution in [2.24, 2.45) is 0 Å². The highest BCUT2D eigenvalue weighted by atomic mass is 16.2. The Morgan fingerprint density at radius 2 is 2.00 bits per heavy atom. The topological polar surface area (TPSA) is 59.2 Å². The summed E-state index contributed by atoms with van der Waals surface area (Å²) in [7, 11) is 1.84. The van der Waals surface area contributed by atoms with Gasteiger partial charge in [-0.05, 0) is 38.8 Å². The highest BCUT2D eigenvalue weighted by Crippen LogP contribution is 2.20. The second-order valence-electron chi connectivity index (χ2n) is 5.55. The molecule has 2 N–H and O–H groups in total. The summed E-state index contributed by atoms with van der Waals surface area (Å²) in [6.45, 7) is 8.27. The Labute approximate surface area is 116 Å². The van der Waals surface area contributed by atoms with E-state index in [1.165, 1.54) is 0 Å². The van der Waals surface area contributed by atoms with Gasteiger partial charge in [-0.3, -0.25) is 4.79 Å². The van der Waals surface area contributed by atoms with Crippen LogP contribution in [0.2, 0.25) is 0 Å². The van der Waals surface area contributed by atoms with E-state index in [1.807, 2.05) is 13.1 Å². The molecule has 19 heavy (non-hydrogen) atoms. The van der Waals surface area contributed by atoms with Crippen LogP contribution in [-0.2, 0) is 6.42 Å². The van der Waals surface area contributed by atoms with Gasteiger partial charge in [0.05, 0.1) is 0 Å². The zero-order valence-corrected chi connectivity index (χ0v) is 12.7. The van der Waals surface area contributed by atoms with Crippen molar-refractivity contribution in [2.45, 2.75) is 52.5 Å². The molecule has 0 aliphatic carbocycles. The van der Waals surface area contributed by atoms with E-state index in [9.17, 15) is 4.79 Å². The second-order valence-corrected chi connectivity index (χ2v) is 5.55. The van der Waals surface area contributed by atoms with Gasteiger partial charge >= 0.3 is 0 Å². The van der Waals surface area contributed by atoms with Crippen LogP contribution >= 0.6 is 0 Å². The first-order valence-electron chi connectivity index (χ1n) is 6.86. The number of carbonyl (C=O) groups excluding carboxylic acids is 1. The fourth-order valence-electron chi connectivity index (χ4n) is 1.82. The lowest BCUT2D eigenvalue weighted by Gasteiger charge is -2.35. The number of nitrogen functional groups attached to an aromatic ring is 1. The number of hydrogen-bond donors (Lipinski definition) is 1. The molecule has 106 valence electrons. The molecule has 0 spiro atoms. The standard InChI is InChI=1S/C15H25N3O/c1-6-8-12-9-11(10-13(16)17-12)14(19)18(5)15(3,4)7-2/h9-10H,6-8H2,1-5H3,(H2,16,17). The van der Waals surface area contributed by atoms with Crippen LogP contribution < -0.4 is 5.73 Å². The van der Waals surface area contributed by atoms with Crippen LogP contribution in [0.15, 0.2) is 12.1 Å². The molecule has 0 saturated carbocycles. The molecule has 4 nitrogen and oxygen atoms in total. The van der Waals surface area contributed by atoms with Crippen molar-refractivity contribution in [1.29, 1.82) is 0 Å². The number of amides is 1. The molecule has 4 heteroatoms. The van der Waals surface area contributed by atoms with Crippen LogP contribution in [0.1, 0.15) is 56.6 Å². The summed E-state index contributed by atoms with van der Waals surface area (Å²) in [4.78, 5) is 18.5. The molecule has 1 aromatic rings. The number of carbonyl (C=O) groups is 1. The summed E-state index contributed by atoms with van der Waals surface area (Å²) >= 11 is 0. The number of aromatic nitrogens is 1. The highest BCUT2D eigenvalue weighted by molar-refractivity contribution is 5.95. The van der Waals surface area contributed by atoms with E-state index < -0.39 is 0 Å². The zero-order chi connectivity index (χ0) is 14.6. The summed E-state index contributed by atoms with van der Waals surface area (Å²) in [5, 5.41) is 0. The van der Waals surface area contributed by atoms with Gasteiger partial charge < -0.3 is 10.6 Å². The van der Waals surface area contributed by atoms with Crippen molar-refractivity contribution in [3.63, 3.8) is 0 Å². The fourth-order valence-corrected chi connectivity index (χ4v) is 1.82. The molecule has 0 aliphatic rings. The first-order chi connectivity index (χ1) is 8.81. The lowest BCUT2D eigenvalue weighted by Crippen LogP contribution is -2.44. The van der Waals surface area contributed by atoms with Gasteiger partial charge in [0.25, 0.3) is 5.91 Å². The summed E-state index contributed by atoms with van der Waals surface area (Å²) in [6, 6.07) is 3.51. The van der Waals surface area contributed by atoms with Crippen molar-refractivity contribution in [2.75, 3.05) is 12.8 Å². The van der Waals surface area contributed by atoms with E-state index in [0.717, 1.165) is 25.0 Å². The van der Waals surface area contributed by atoms with Crippen molar-refractivity contribution >= 4 is 11.7 Å². The van der Waals surface area contributed by atoms with Gasteiger partial charge in [-0.2, -0.15) is 0 Å². The Kier molecular flexibility index (Phi) is 4.92. The second kappa shape index (κ2) is 6.04. The van der Waals surface area contributed by atoms with Gasteiger partial charge in [-0.1, -0.05) is 20.3 Å². The monoisotopic (exact) mass is 263 g/mol. The minimum atomic E-state index is -0.167. The minimum Gasteiger partial charge on any atom is -0.384 e. The first kappa shape index (κ1) is 15.5. The summed E-state index contributed by atoms with van der Waals surface area (Å²) < 4.78 is 0. The van der Waals surface area contributed by atoms with Crippen LogP contribution in [-0.4, -0.2) is 28.4 Å². The predicted molar refractivity (Wildman–Crippen MR) is 79.1 cm³/mol. The van der Waals surface area contributed by atoms with Crippen LogP contribution in [0.5, 0.6) is 0 Å². The molecule has 0 radical (unpaired) electrons. The number of nitrogens with two attached hydrogens (primary N) is 1.